The zero-order chi connectivity index (χ0) is 18.2. The molecule has 0 bridgehead atoms. The summed E-state index contributed by atoms with van der Waals surface area (Å²) in [5.74, 6) is 1.49. The summed E-state index contributed by atoms with van der Waals surface area (Å²) in [6.07, 6.45) is 0.941. The van der Waals surface area contributed by atoms with Gasteiger partial charge in [-0.25, -0.2) is 4.98 Å². The first-order valence-corrected chi connectivity index (χ1v) is 10.1. The Kier molecular flexibility index (Phi) is 11.0. The van der Waals surface area contributed by atoms with Crippen LogP contribution in [0.5, 0.6) is 0 Å². The number of nitrogens with zero attached hydrogens (tertiary/aromatic N) is 4. The van der Waals surface area contributed by atoms with Gasteiger partial charge in [-0.2, -0.15) is 0 Å². The van der Waals surface area contributed by atoms with E-state index in [9.17, 15) is 0 Å². The first-order chi connectivity index (χ1) is 12.0. The van der Waals surface area contributed by atoms with Crippen molar-refractivity contribution in [3.05, 3.63) is 15.6 Å². The number of aliphatic imine (C=N–C) groups is 1. The Hall–Kier alpha value is -0.450. The fourth-order valence-corrected chi connectivity index (χ4v) is 3.89. The number of guanidine groups is 1. The van der Waals surface area contributed by atoms with Crippen LogP contribution in [0.1, 0.15) is 22.5 Å². The van der Waals surface area contributed by atoms with Crippen LogP contribution in [0.2, 0.25) is 0 Å². The number of hydrogen-bond acceptors (Lipinski definition) is 5. The summed E-state index contributed by atoms with van der Waals surface area (Å²) < 4.78 is 0. The number of aromatic nitrogens is 1. The lowest BCUT2D eigenvalue weighted by Gasteiger charge is -2.34. The van der Waals surface area contributed by atoms with Gasteiger partial charge in [-0.1, -0.05) is 6.92 Å². The van der Waals surface area contributed by atoms with E-state index in [0.717, 1.165) is 37.7 Å². The van der Waals surface area contributed by atoms with Crippen LogP contribution >= 0.6 is 35.3 Å². The van der Waals surface area contributed by atoms with E-state index in [2.05, 4.69) is 58.2 Å². The fraction of sp³-hybridized carbons (Fsp3) is 0.778. The quantitative estimate of drug-likeness (QED) is 0.345. The van der Waals surface area contributed by atoms with Crippen molar-refractivity contribution >= 4 is 41.3 Å². The van der Waals surface area contributed by atoms with Crippen molar-refractivity contribution in [3.8, 4) is 0 Å². The minimum Gasteiger partial charge on any atom is -0.356 e. The predicted octanol–water partition coefficient (Wildman–Crippen LogP) is 1.97. The minimum absolute atomic E-state index is 0. The Morgan fingerprint density at radius 1 is 1.23 bits per heavy atom. The molecule has 1 unspecified atom stereocenters. The van der Waals surface area contributed by atoms with Gasteiger partial charge in [0, 0.05) is 64.2 Å². The Labute approximate surface area is 179 Å². The van der Waals surface area contributed by atoms with E-state index in [-0.39, 0.29) is 24.0 Å². The number of aryl methyl sites for hydroxylation is 2. The molecule has 0 radical (unpaired) electrons. The van der Waals surface area contributed by atoms with Crippen LogP contribution in [0.3, 0.4) is 0 Å². The zero-order valence-corrected chi connectivity index (χ0v) is 20.0. The average molecular weight is 494 g/mol. The number of thiazole rings is 1. The van der Waals surface area contributed by atoms with E-state index >= 15 is 0 Å². The molecular weight excluding hydrogens is 459 g/mol. The molecule has 1 fully saturated rings. The summed E-state index contributed by atoms with van der Waals surface area (Å²) in [5, 5.41) is 8.05. The maximum absolute atomic E-state index is 4.59. The predicted molar refractivity (Wildman–Crippen MR) is 123 cm³/mol. The molecule has 0 amide bonds. The van der Waals surface area contributed by atoms with E-state index in [0.29, 0.717) is 5.92 Å². The second-order valence-electron chi connectivity index (χ2n) is 7.09. The molecule has 0 spiro atoms. The van der Waals surface area contributed by atoms with E-state index in [4.69, 9.17) is 0 Å². The Bertz CT molecular complexity index is 534. The molecular formula is C18H35IN6S. The molecule has 1 aliphatic heterocycles. The number of likely N-dealkylation sites (N-methyl/N-ethyl adjacent to an activating group) is 1. The molecule has 6 nitrogen and oxygen atoms in total. The number of piperazine rings is 1. The molecule has 0 saturated carbocycles. The van der Waals surface area contributed by atoms with Gasteiger partial charge in [0.25, 0.3) is 0 Å². The van der Waals surface area contributed by atoms with Crippen LogP contribution in [0, 0.1) is 19.8 Å². The highest BCUT2D eigenvalue weighted by atomic mass is 127. The van der Waals surface area contributed by atoms with Crippen LogP contribution in [0.15, 0.2) is 4.99 Å². The van der Waals surface area contributed by atoms with E-state index < -0.39 is 0 Å². The number of halogens is 1. The molecule has 150 valence electrons. The van der Waals surface area contributed by atoms with E-state index in [1.165, 1.54) is 36.1 Å². The van der Waals surface area contributed by atoms with Gasteiger partial charge in [0.05, 0.1) is 10.7 Å². The topological polar surface area (TPSA) is 55.8 Å². The normalized spacial score (nSPS) is 17.7. The lowest BCUT2D eigenvalue weighted by atomic mass is 10.1. The van der Waals surface area contributed by atoms with Crippen molar-refractivity contribution in [2.45, 2.75) is 27.2 Å². The van der Waals surface area contributed by atoms with Crippen molar-refractivity contribution in [1.82, 2.24) is 25.4 Å². The van der Waals surface area contributed by atoms with Crippen LogP contribution in [-0.2, 0) is 6.42 Å². The highest BCUT2D eigenvalue weighted by Crippen LogP contribution is 2.16. The molecule has 1 aromatic heterocycles. The molecule has 1 saturated heterocycles. The monoisotopic (exact) mass is 494 g/mol. The van der Waals surface area contributed by atoms with Crippen LogP contribution in [-0.4, -0.2) is 80.7 Å². The van der Waals surface area contributed by atoms with Gasteiger partial charge in [0.15, 0.2) is 5.96 Å². The van der Waals surface area contributed by atoms with Gasteiger partial charge in [-0.05, 0) is 26.8 Å². The lowest BCUT2D eigenvalue weighted by Crippen LogP contribution is -2.47. The van der Waals surface area contributed by atoms with Crippen molar-refractivity contribution in [3.63, 3.8) is 0 Å². The highest BCUT2D eigenvalue weighted by Gasteiger charge is 2.16. The summed E-state index contributed by atoms with van der Waals surface area (Å²) in [5.41, 5.74) is 1.15. The number of nitrogens with one attached hydrogen (secondary N) is 2. The van der Waals surface area contributed by atoms with E-state index in [1.54, 1.807) is 11.3 Å². The molecule has 2 N–H and O–H groups in total. The molecule has 2 heterocycles. The Morgan fingerprint density at radius 2 is 1.92 bits per heavy atom. The van der Waals surface area contributed by atoms with Crippen LogP contribution in [0.4, 0.5) is 0 Å². The van der Waals surface area contributed by atoms with Crippen molar-refractivity contribution in [2.75, 3.05) is 59.9 Å². The highest BCUT2D eigenvalue weighted by molar-refractivity contribution is 14.0. The van der Waals surface area contributed by atoms with Crippen LogP contribution < -0.4 is 10.6 Å². The Balaban J connectivity index is 0.00000338. The summed E-state index contributed by atoms with van der Waals surface area (Å²) in [6, 6.07) is 0. The van der Waals surface area contributed by atoms with Crippen molar-refractivity contribution in [2.24, 2.45) is 10.9 Å². The van der Waals surface area contributed by atoms with Crippen LogP contribution in [0.25, 0.3) is 0 Å². The van der Waals surface area contributed by atoms with Gasteiger partial charge in [-0.15, -0.1) is 35.3 Å². The molecule has 0 aliphatic carbocycles. The zero-order valence-electron chi connectivity index (χ0n) is 16.8. The minimum atomic E-state index is 0. The number of rotatable bonds is 7. The summed E-state index contributed by atoms with van der Waals surface area (Å²) >= 11 is 1.79. The fourth-order valence-electron chi connectivity index (χ4n) is 2.96. The standard InChI is InChI=1S/C18H34N6S.HI/c1-14(13-24-10-8-23(5)9-11-24)12-21-18(19-4)20-7-6-17-22-15(2)16(3)25-17;/h14H,6-13H2,1-5H3,(H2,19,20,21);1H. The molecule has 1 aromatic rings. The van der Waals surface area contributed by atoms with E-state index in [1.807, 2.05) is 7.05 Å². The third kappa shape index (κ3) is 8.06. The third-order valence-corrected chi connectivity index (χ3v) is 5.84. The maximum Gasteiger partial charge on any atom is 0.190 e. The van der Waals surface area contributed by atoms with Gasteiger partial charge >= 0.3 is 0 Å². The van der Waals surface area contributed by atoms with Gasteiger partial charge in [0.2, 0.25) is 0 Å². The largest absolute Gasteiger partial charge is 0.356 e. The molecule has 26 heavy (non-hydrogen) atoms. The average Bonchev–Trinajstić information content (AvgIpc) is 2.91. The third-order valence-electron chi connectivity index (χ3n) is 4.71. The van der Waals surface area contributed by atoms with Gasteiger partial charge < -0.3 is 20.4 Å². The molecule has 8 heteroatoms. The SMILES string of the molecule is CN=C(NCCc1nc(C)c(C)s1)NCC(C)CN1CCN(C)CC1.I. The first-order valence-electron chi connectivity index (χ1n) is 9.26. The smallest absolute Gasteiger partial charge is 0.190 e. The summed E-state index contributed by atoms with van der Waals surface area (Å²) in [6.45, 7) is 14.2. The second kappa shape index (κ2) is 12.1. The first kappa shape index (κ1) is 23.6. The summed E-state index contributed by atoms with van der Waals surface area (Å²) in [7, 11) is 4.03. The molecule has 2 rings (SSSR count). The molecule has 1 atom stereocenters. The second-order valence-corrected chi connectivity index (χ2v) is 8.38. The maximum atomic E-state index is 4.59. The number of hydrogen-bond donors (Lipinski definition) is 2. The van der Waals surface area contributed by atoms with Crippen molar-refractivity contribution < 1.29 is 0 Å². The summed E-state index contributed by atoms with van der Waals surface area (Å²) in [4.78, 5) is 15.2. The van der Waals surface area contributed by atoms with Crippen molar-refractivity contribution in [1.29, 1.82) is 0 Å². The lowest BCUT2D eigenvalue weighted by molar-refractivity contribution is 0.139. The van der Waals surface area contributed by atoms with Gasteiger partial charge in [0.1, 0.15) is 0 Å². The molecule has 0 aromatic carbocycles. The molecule has 1 aliphatic rings. The Morgan fingerprint density at radius 3 is 2.50 bits per heavy atom. The van der Waals surface area contributed by atoms with Gasteiger partial charge in [-0.3, -0.25) is 4.99 Å².